The van der Waals surface area contributed by atoms with Crippen LogP contribution in [-0.4, -0.2) is 13.5 Å². The fourth-order valence-corrected chi connectivity index (χ4v) is 3.22. The summed E-state index contributed by atoms with van der Waals surface area (Å²) in [5.74, 6) is -0.903. The van der Waals surface area contributed by atoms with Crippen LogP contribution >= 0.6 is 15.9 Å². The normalized spacial score (nSPS) is 11.4. The number of rotatable bonds is 4. The van der Waals surface area contributed by atoms with Gasteiger partial charge < -0.3 is 5.11 Å². The number of hydrogen-bond acceptors (Lipinski definition) is 3. The second kappa shape index (κ2) is 6.13. The molecule has 0 aliphatic heterocycles. The largest absolute Gasteiger partial charge is 0.392 e. The van der Waals surface area contributed by atoms with E-state index in [1.165, 1.54) is 6.07 Å². The maximum absolute atomic E-state index is 13.8. The molecule has 0 aliphatic carbocycles. The molecule has 2 aromatic rings. The second-order valence-electron chi connectivity index (χ2n) is 4.49. The van der Waals surface area contributed by atoms with Crippen molar-refractivity contribution in [1.82, 2.24) is 0 Å². The fourth-order valence-electron chi connectivity index (χ4n) is 1.73. The van der Waals surface area contributed by atoms with Gasteiger partial charge in [0.25, 0.3) is 10.0 Å². The van der Waals surface area contributed by atoms with Crippen molar-refractivity contribution >= 4 is 31.6 Å². The Labute approximate surface area is 130 Å². The van der Waals surface area contributed by atoms with Gasteiger partial charge in [0.1, 0.15) is 10.7 Å². The third-order valence-electron chi connectivity index (χ3n) is 2.89. The van der Waals surface area contributed by atoms with Gasteiger partial charge in [-0.3, -0.25) is 4.72 Å². The molecule has 0 aromatic heterocycles. The van der Waals surface area contributed by atoms with Gasteiger partial charge in [0.2, 0.25) is 0 Å². The molecule has 0 fully saturated rings. The SMILES string of the molecule is Cc1ccc(NS(=O)(=O)c2ccc(CO)cc2F)cc1Br. The van der Waals surface area contributed by atoms with Gasteiger partial charge in [0, 0.05) is 10.2 Å². The maximum Gasteiger partial charge on any atom is 0.264 e. The number of hydrogen-bond donors (Lipinski definition) is 2. The Morgan fingerprint density at radius 2 is 1.95 bits per heavy atom. The predicted octanol–water partition coefficient (Wildman–Crippen LogP) is 3.19. The van der Waals surface area contributed by atoms with Crippen LogP contribution < -0.4 is 4.72 Å². The molecule has 0 unspecified atom stereocenters. The summed E-state index contributed by atoms with van der Waals surface area (Å²) in [7, 11) is -4.03. The molecule has 0 bridgehead atoms. The summed E-state index contributed by atoms with van der Waals surface area (Å²) in [6.07, 6.45) is 0. The predicted molar refractivity (Wildman–Crippen MR) is 82.0 cm³/mol. The van der Waals surface area contributed by atoms with E-state index < -0.39 is 20.7 Å². The van der Waals surface area contributed by atoms with Crippen LogP contribution in [0.2, 0.25) is 0 Å². The summed E-state index contributed by atoms with van der Waals surface area (Å²) in [4.78, 5) is -0.462. The van der Waals surface area contributed by atoms with Crippen LogP contribution in [0.25, 0.3) is 0 Å². The monoisotopic (exact) mass is 373 g/mol. The number of anilines is 1. The lowest BCUT2D eigenvalue weighted by molar-refractivity contribution is 0.281. The van der Waals surface area contributed by atoms with Gasteiger partial charge in [0.05, 0.1) is 6.61 Å². The number of aliphatic hydroxyl groups is 1. The highest BCUT2D eigenvalue weighted by atomic mass is 79.9. The Morgan fingerprint density at radius 1 is 1.24 bits per heavy atom. The van der Waals surface area contributed by atoms with Crippen LogP contribution in [0.1, 0.15) is 11.1 Å². The highest BCUT2D eigenvalue weighted by Gasteiger charge is 2.19. The maximum atomic E-state index is 13.8. The molecule has 0 saturated heterocycles. The summed E-state index contributed by atoms with van der Waals surface area (Å²) < 4.78 is 41.3. The molecular formula is C14H13BrFNO3S. The van der Waals surface area contributed by atoms with Crippen molar-refractivity contribution < 1.29 is 17.9 Å². The molecule has 0 aliphatic rings. The van der Waals surface area contributed by atoms with E-state index >= 15 is 0 Å². The Morgan fingerprint density at radius 3 is 2.52 bits per heavy atom. The van der Waals surface area contributed by atoms with Crippen LogP contribution in [0.4, 0.5) is 10.1 Å². The van der Waals surface area contributed by atoms with E-state index in [0.717, 1.165) is 22.2 Å². The zero-order valence-corrected chi connectivity index (χ0v) is 13.5. The zero-order valence-electron chi connectivity index (χ0n) is 11.1. The molecule has 0 radical (unpaired) electrons. The molecule has 2 aromatic carbocycles. The molecule has 4 nitrogen and oxygen atoms in total. The first-order valence-corrected chi connectivity index (χ1v) is 8.29. The Bertz CT molecular complexity index is 778. The van der Waals surface area contributed by atoms with E-state index in [1.54, 1.807) is 18.2 Å². The number of halogens is 2. The van der Waals surface area contributed by atoms with Crippen molar-refractivity contribution in [3.8, 4) is 0 Å². The standard InChI is InChI=1S/C14H13BrFNO3S/c1-9-2-4-11(7-12(9)15)17-21(19,20)14-5-3-10(8-18)6-13(14)16/h2-7,17-18H,8H2,1H3. The molecule has 0 saturated carbocycles. The quantitative estimate of drug-likeness (QED) is 0.864. The van der Waals surface area contributed by atoms with Gasteiger partial charge in [-0.05, 0) is 42.3 Å². The molecule has 0 atom stereocenters. The van der Waals surface area contributed by atoms with E-state index in [4.69, 9.17) is 5.11 Å². The van der Waals surface area contributed by atoms with Crippen molar-refractivity contribution in [2.24, 2.45) is 0 Å². The number of aryl methyl sites for hydroxylation is 1. The minimum Gasteiger partial charge on any atom is -0.392 e. The van der Waals surface area contributed by atoms with Gasteiger partial charge in [-0.15, -0.1) is 0 Å². The number of aliphatic hydroxyl groups excluding tert-OH is 1. The van der Waals surface area contributed by atoms with Gasteiger partial charge in [0.15, 0.2) is 0 Å². The first kappa shape index (κ1) is 15.9. The van der Waals surface area contributed by atoms with Gasteiger partial charge in [-0.2, -0.15) is 0 Å². The van der Waals surface area contributed by atoms with Gasteiger partial charge >= 0.3 is 0 Å². The molecule has 0 amide bonds. The first-order chi connectivity index (χ1) is 9.83. The van der Waals surface area contributed by atoms with E-state index in [1.807, 2.05) is 6.92 Å². The van der Waals surface area contributed by atoms with Crippen molar-refractivity contribution in [3.63, 3.8) is 0 Å². The Kier molecular flexibility index (Phi) is 4.65. The lowest BCUT2D eigenvalue weighted by atomic mass is 10.2. The molecular weight excluding hydrogens is 361 g/mol. The van der Waals surface area contributed by atoms with Gasteiger partial charge in [-0.25, -0.2) is 12.8 Å². The Balaban J connectivity index is 2.36. The van der Waals surface area contributed by atoms with Crippen LogP contribution in [0.3, 0.4) is 0 Å². The fraction of sp³-hybridized carbons (Fsp3) is 0.143. The van der Waals surface area contributed by atoms with E-state index in [0.29, 0.717) is 11.3 Å². The minimum absolute atomic E-state index is 0.310. The van der Waals surface area contributed by atoms with E-state index in [-0.39, 0.29) is 6.61 Å². The van der Waals surface area contributed by atoms with Crippen LogP contribution in [-0.2, 0) is 16.6 Å². The van der Waals surface area contributed by atoms with Crippen LogP contribution in [0.15, 0.2) is 45.8 Å². The molecule has 21 heavy (non-hydrogen) atoms. The van der Waals surface area contributed by atoms with Crippen molar-refractivity contribution in [1.29, 1.82) is 0 Å². The zero-order chi connectivity index (χ0) is 15.6. The molecule has 0 spiro atoms. The third kappa shape index (κ3) is 3.61. The molecule has 2 rings (SSSR count). The lowest BCUT2D eigenvalue weighted by Crippen LogP contribution is -2.14. The number of benzene rings is 2. The highest BCUT2D eigenvalue weighted by Crippen LogP contribution is 2.24. The van der Waals surface area contributed by atoms with Crippen LogP contribution in [0, 0.1) is 12.7 Å². The molecule has 7 heteroatoms. The Hall–Kier alpha value is -1.44. The van der Waals surface area contributed by atoms with Crippen molar-refractivity contribution in [2.45, 2.75) is 18.4 Å². The average Bonchev–Trinajstić information content (AvgIpc) is 2.42. The van der Waals surface area contributed by atoms with Gasteiger partial charge in [-0.1, -0.05) is 28.1 Å². The molecule has 2 N–H and O–H groups in total. The average molecular weight is 374 g/mol. The lowest BCUT2D eigenvalue weighted by Gasteiger charge is -2.10. The highest BCUT2D eigenvalue weighted by molar-refractivity contribution is 9.10. The van der Waals surface area contributed by atoms with E-state index in [9.17, 15) is 12.8 Å². The minimum atomic E-state index is -4.03. The van der Waals surface area contributed by atoms with Crippen molar-refractivity contribution in [2.75, 3.05) is 4.72 Å². The summed E-state index contributed by atoms with van der Waals surface area (Å²) in [5, 5.41) is 8.91. The summed E-state index contributed by atoms with van der Waals surface area (Å²) in [5.41, 5.74) is 1.60. The number of nitrogens with one attached hydrogen (secondary N) is 1. The van der Waals surface area contributed by atoms with E-state index in [2.05, 4.69) is 20.7 Å². The summed E-state index contributed by atoms with van der Waals surface area (Å²) in [6, 6.07) is 8.44. The first-order valence-electron chi connectivity index (χ1n) is 6.02. The topological polar surface area (TPSA) is 66.4 Å². The van der Waals surface area contributed by atoms with Crippen molar-refractivity contribution in [3.05, 3.63) is 57.8 Å². The summed E-state index contributed by atoms with van der Waals surface area (Å²) >= 11 is 3.31. The third-order valence-corrected chi connectivity index (χ3v) is 5.16. The summed E-state index contributed by atoms with van der Waals surface area (Å²) in [6.45, 7) is 1.52. The second-order valence-corrected chi connectivity index (χ2v) is 7.00. The molecule has 112 valence electrons. The van der Waals surface area contributed by atoms with Crippen LogP contribution in [0.5, 0.6) is 0 Å². The smallest absolute Gasteiger partial charge is 0.264 e. The number of sulfonamides is 1. The molecule has 0 heterocycles.